The second-order valence-electron chi connectivity index (χ2n) is 11.3. The van der Waals surface area contributed by atoms with Crippen molar-refractivity contribution in [1.29, 1.82) is 0 Å². The second-order valence-corrected chi connectivity index (χ2v) is 11.3. The van der Waals surface area contributed by atoms with Gasteiger partial charge in [0, 0.05) is 29.9 Å². The minimum absolute atomic E-state index is 0.206. The number of nitrogens with zero attached hydrogens (tertiary/aromatic N) is 1. The SMILES string of the molecule is CCCCCCC(NC(C)=O)(C(=O)O)c1c(-c2ccc(F)cc2)n(Cc2ccccc2)c2ccc(OC)cc12.CCCCNC. The van der Waals surface area contributed by atoms with E-state index in [1.54, 1.807) is 19.2 Å². The number of carbonyl (C=O) groups is 2. The summed E-state index contributed by atoms with van der Waals surface area (Å²) < 4.78 is 21.6. The minimum Gasteiger partial charge on any atom is -0.497 e. The van der Waals surface area contributed by atoms with Gasteiger partial charge in [-0.05, 0) is 80.0 Å². The summed E-state index contributed by atoms with van der Waals surface area (Å²) in [5.41, 5.74) is 1.84. The zero-order chi connectivity index (χ0) is 32.8. The van der Waals surface area contributed by atoms with E-state index in [9.17, 15) is 19.1 Å². The number of carboxylic acids is 1. The fourth-order valence-corrected chi connectivity index (χ4v) is 5.72. The molecular formula is C37H48FN3O4. The number of unbranched alkanes of at least 4 members (excludes halogenated alkanes) is 4. The topological polar surface area (TPSA) is 92.6 Å². The lowest BCUT2D eigenvalue weighted by atomic mass is 9.81. The summed E-state index contributed by atoms with van der Waals surface area (Å²) in [6.07, 6.45) is 6.20. The number of nitrogens with one attached hydrogen (secondary N) is 2. The van der Waals surface area contributed by atoms with Gasteiger partial charge >= 0.3 is 5.97 Å². The van der Waals surface area contributed by atoms with Crippen molar-refractivity contribution in [3.8, 4) is 17.0 Å². The van der Waals surface area contributed by atoms with E-state index < -0.39 is 23.2 Å². The number of benzene rings is 3. The minimum atomic E-state index is -1.71. The number of amides is 1. The van der Waals surface area contributed by atoms with Gasteiger partial charge in [-0.2, -0.15) is 0 Å². The van der Waals surface area contributed by atoms with Crippen LogP contribution < -0.4 is 15.4 Å². The van der Waals surface area contributed by atoms with Gasteiger partial charge < -0.3 is 25.0 Å². The van der Waals surface area contributed by atoms with Gasteiger partial charge in [0.05, 0.1) is 12.8 Å². The van der Waals surface area contributed by atoms with Crippen molar-refractivity contribution in [1.82, 2.24) is 15.2 Å². The number of aliphatic carboxylic acids is 1. The molecule has 0 bridgehead atoms. The van der Waals surface area contributed by atoms with Crippen LogP contribution in [-0.4, -0.2) is 42.3 Å². The van der Waals surface area contributed by atoms with Gasteiger partial charge in [0.2, 0.25) is 5.91 Å². The molecule has 0 radical (unpaired) electrons. The average molecular weight is 618 g/mol. The number of halogens is 1. The van der Waals surface area contributed by atoms with Crippen molar-refractivity contribution in [2.75, 3.05) is 20.7 Å². The highest BCUT2D eigenvalue weighted by atomic mass is 19.1. The summed E-state index contributed by atoms with van der Waals surface area (Å²) in [4.78, 5) is 25.9. The molecule has 0 aliphatic heterocycles. The third kappa shape index (κ3) is 8.94. The van der Waals surface area contributed by atoms with Crippen LogP contribution in [0.3, 0.4) is 0 Å². The number of carboxylic acid groups (broad SMARTS) is 1. The van der Waals surface area contributed by atoms with Crippen LogP contribution in [0, 0.1) is 5.82 Å². The summed E-state index contributed by atoms with van der Waals surface area (Å²) in [7, 11) is 3.54. The summed E-state index contributed by atoms with van der Waals surface area (Å²) in [5.74, 6) is -1.40. The number of carbonyl (C=O) groups excluding carboxylic acids is 1. The van der Waals surface area contributed by atoms with Crippen molar-refractivity contribution < 1.29 is 23.8 Å². The van der Waals surface area contributed by atoms with Crippen LogP contribution in [0.1, 0.15) is 76.8 Å². The highest BCUT2D eigenvalue weighted by molar-refractivity contribution is 6.01. The zero-order valence-electron chi connectivity index (χ0n) is 27.3. The van der Waals surface area contributed by atoms with Crippen molar-refractivity contribution in [3.63, 3.8) is 0 Å². The smallest absolute Gasteiger partial charge is 0.334 e. The first kappa shape index (κ1) is 35.3. The average Bonchev–Trinajstić information content (AvgIpc) is 3.35. The van der Waals surface area contributed by atoms with Crippen molar-refractivity contribution in [2.45, 2.75) is 77.8 Å². The first-order valence-corrected chi connectivity index (χ1v) is 15.9. The maximum atomic E-state index is 14.1. The second kappa shape index (κ2) is 17.4. The Bertz CT molecular complexity index is 1510. The quantitative estimate of drug-likeness (QED) is 0.118. The van der Waals surface area contributed by atoms with Crippen molar-refractivity contribution in [3.05, 3.63) is 89.7 Å². The maximum Gasteiger partial charge on any atom is 0.334 e. The molecule has 1 unspecified atom stereocenters. The molecule has 4 aromatic rings. The van der Waals surface area contributed by atoms with E-state index in [0.29, 0.717) is 40.9 Å². The van der Waals surface area contributed by atoms with E-state index in [-0.39, 0.29) is 6.42 Å². The molecule has 1 atom stereocenters. The number of ether oxygens (including phenoxy) is 1. The van der Waals surface area contributed by atoms with Gasteiger partial charge in [0.15, 0.2) is 5.54 Å². The highest BCUT2D eigenvalue weighted by Gasteiger charge is 2.45. The number of hydrogen-bond acceptors (Lipinski definition) is 4. The Labute approximate surface area is 266 Å². The molecule has 0 aliphatic carbocycles. The number of aromatic nitrogens is 1. The fraction of sp³-hybridized carbons (Fsp3) is 0.405. The van der Waals surface area contributed by atoms with Crippen LogP contribution in [0.25, 0.3) is 22.2 Å². The third-order valence-electron chi connectivity index (χ3n) is 7.94. The molecular weight excluding hydrogens is 569 g/mol. The van der Waals surface area contributed by atoms with Crippen molar-refractivity contribution >= 4 is 22.8 Å². The van der Waals surface area contributed by atoms with E-state index in [1.165, 1.54) is 31.9 Å². The van der Waals surface area contributed by atoms with Gasteiger partial charge in [0.25, 0.3) is 0 Å². The summed E-state index contributed by atoms with van der Waals surface area (Å²) in [6, 6.07) is 21.5. The van der Waals surface area contributed by atoms with Crippen LogP contribution in [0.4, 0.5) is 4.39 Å². The lowest BCUT2D eigenvalue weighted by Crippen LogP contribution is -2.51. The van der Waals surface area contributed by atoms with Crippen LogP contribution in [0.5, 0.6) is 5.75 Å². The first-order valence-electron chi connectivity index (χ1n) is 15.9. The Morgan fingerprint density at radius 1 is 0.933 bits per heavy atom. The largest absolute Gasteiger partial charge is 0.497 e. The van der Waals surface area contributed by atoms with Gasteiger partial charge in [-0.25, -0.2) is 9.18 Å². The molecule has 3 N–H and O–H groups in total. The lowest BCUT2D eigenvalue weighted by molar-refractivity contribution is -0.148. The summed E-state index contributed by atoms with van der Waals surface area (Å²) >= 11 is 0. The number of hydrogen-bond donors (Lipinski definition) is 3. The fourth-order valence-electron chi connectivity index (χ4n) is 5.72. The first-order chi connectivity index (χ1) is 21.7. The highest BCUT2D eigenvalue weighted by Crippen LogP contribution is 2.44. The van der Waals surface area contributed by atoms with Gasteiger partial charge in [0.1, 0.15) is 11.6 Å². The Hall–Kier alpha value is -4.17. The molecule has 0 fully saturated rings. The van der Waals surface area contributed by atoms with E-state index in [1.807, 2.05) is 55.6 Å². The van der Waals surface area contributed by atoms with Gasteiger partial charge in [-0.1, -0.05) is 76.3 Å². The monoisotopic (exact) mass is 617 g/mol. The molecule has 0 aliphatic rings. The standard InChI is InChI=1S/C32H35FN2O4.C5H13N/c1-4-5-6-10-19-32(31(37)38,34-22(2)36)29-27-20-26(39-3)17-18-28(27)35(21-23-11-8-7-9-12-23)30(29)24-13-15-25(33)16-14-24;1-3-4-5-6-2/h7-9,11-18,20H,4-6,10,19,21H2,1-3H3,(H,34,36)(H,37,38);6H,3-5H2,1-2H3. The molecule has 4 rings (SSSR count). The Morgan fingerprint density at radius 2 is 1.62 bits per heavy atom. The van der Waals surface area contributed by atoms with Crippen LogP contribution >= 0.6 is 0 Å². The Kier molecular flexibility index (Phi) is 13.6. The molecule has 7 nitrogen and oxygen atoms in total. The van der Waals surface area contributed by atoms with E-state index in [2.05, 4.69) is 29.0 Å². The molecule has 8 heteroatoms. The van der Waals surface area contributed by atoms with Gasteiger partial charge in [-0.3, -0.25) is 4.79 Å². The number of fused-ring (bicyclic) bond motifs is 1. The predicted molar refractivity (Wildman–Crippen MR) is 180 cm³/mol. The predicted octanol–water partition coefficient (Wildman–Crippen LogP) is 7.90. The van der Waals surface area contributed by atoms with Crippen molar-refractivity contribution in [2.24, 2.45) is 0 Å². The molecule has 45 heavy (non-hydrogen) atoms. The molecule has 0 saturated carbocycles. The van der Waals surface area contributed by atoms with E-state index in [0.717, 1.165) is 36.9 Å². The van der Waals surface area contributed by atoms with Crippen LogP contribution in [0.15, 0.2) is 72.8 Å². The van der Waals surface area contributed by atoms with Crippen LogP contribution in [-0.2, 0) is 21.7 Å². The normalized spacial score (nSPS) is 12.2. The lowest BCUT2D eigenvalue weighted by Gasteiger charge is -2.32. The molecule has 0 saturated heterocycles. The number of rotatable bonds is 15. The Morgan fingerprint density at radius 3 is 2.18 bits per heavy atom. The molecule has 1 amide bonds. The molecule has 1 aromatic heterocycles. The molecule has 0 spiro atoms. The summed E-state index contributed by atoms with van der Waals surface area (Å²) in [6.45, 7) is 7.23. The van der Waals surface area contributed by atoms with E-state index in [4.69, 9.17) is 4.74 Å². The van der Waals surface area contributed by atoms with Gasteiger partial charge in [-0.15, -0.1) is 0 Å². The van der Waals surface area contributed by atoms with E-state index >= 15 is 0 Å². The maximum absolute atomic E-state index is 14.1. The molecule has 1 heterocycles. The zero-order valence-corrected chi connectivity index (χ0v) is 27.3. The molecule has 3 aromatic carbocycles. The molecule has 242 valence electrons. The Balaban J connectivity index is 0.000000838. The third-order valence-corrected chi connectivity index (χ3v) is 7.94. The van der Waals surface area contributed by atoms with Crippen LogP contribution in [0.2, 0.25) is 0 Å². The number of methoxy groups -OCH3 is 1. The summed E-state index contributed by atoms with van der Waals surface area (Å²) in [5, 5.41) is 17.4.